The summed E-state index contributed by atoms with van der Waals surface area (Å²) < 4.78 is 4.95. The highest BCUT2D eigenvalue weighted by atomic mass is 16.5. The number of ether oxygens (including phenoxy) is 1. The van der Waals surface area contributed by atoms with Gasteiger partial charge in [0.05, 0.1) is 12.6 Å². The van der Waals surface area contributed by atoms with Gasteiger partial charge in [0, 0.05) is 20.3 Å². The van der Waals surface area contributed by atoms with E-state index in [0.29, 0.717) is 19.6 Å². The van der Waals surface area contributed by atoms with E-state index in [2.05, 4.69) is 0 Å². The monoisotopic (exact) mass is 188 g/mol. The zero-order valence-corrected chi connectivity index (χ0v) is 7.77. The third kappa shape index (κ3) is 2.18. The predicted molar refractivity (Wildman–Crippen MR) is 47.1 cm³/mol. The minimum Gasteiger partial charge on any atom is -0.396 e. The number of aliphatic hydroxyl groups is 1. The first-order valence-electron chi connectivity index (χ1n) is 4.36. The van der Waals surface area contributed by atoms with E-state index in [1.54, 1.807) is 12.0 Å². The van der Waals surface area contributed by atoms with Crippen LogP contribution >= 0.6 is 0 Å². The molecule has 0 aromatic rings. The Labute approximate surface area is 77.5 Å². The van der Waals surface area contributed by atoms with Crippen LogP contribution in [-0.4, -0.2) is 54.9 Å². The first-order valence-corrected chi connectivity index (χ1v) is 4.36. The van der Waals surface area contributed by atoms with Gasteiger partial charge in [-0.05, 0) is 6.42 Å². The number of β-lactam (4-membered cyclic amide) rings is 1. The average Bonchev–Trinajstić information content (AvgIpc) is 2.13. The molecule has 5 heteroatoms. The lowest BCUT2D eigenvalue weighted by Crippen LogP contribution is -2.65. The van der Waals surface area contributed by atoms with Crippen molar-refractivity contribution < 1.29 is 14.6 Å². The van der Waals surface area contributed by atoms with Crippen molar-refractivity contribution in [3.8, 4) is 0 Å². The minimum atomic E-state index is -0.349. The molecule has 1 amide bonds. The van der Waals surface area contributed by atoms with Gasteiger partial charge in [-0.25, -0.2) is 0 Å². The minimum absolute atomic E-state index is 0.0256. The third-order valence-electron chi connectivity index (χ3n) is 2.26. The van der Waals surface area contributed by atoms with Crippen LogP contribution in [0.25, 0.3) is 0 Å². The van der Waals surface area contributed by atoms with Crippen molar-refractivity contribution in [1.82, 2.24) is 4.90 Å². The van der Waals surface area contributed by atoms with E-state index in [9.17, 15) is 4.79 Å². The molecule has 1 fully saturated rings. The molecule has 1 aliphatic rings. The number of rotatable bonds is 5. The number of methoxy groups -OCH3 is 1. The van der Waals surface area contributed by atoms with Gasteiger partial charge >= 0.3 is 0 Å². The molecule has 0 aromatic heterocycles. The predicted octanol–water partition coefficient (Wildman–Crippen LogP) is -1.45. The number of carbonyl (C=O) groups excluding carboxylic acids is 1. The van der Waals surface area contributed by atoms with Gasteiger partial charge in [-0.2, -0.15) is 0 Å². The number of hydrogen-bond acceptors (Lipinski definition) is 4. The van der Waals surface area contributed by atoms with Gasteiger partial charge < -0.3 is 20.5 Å². The Morgan fingerprint density at radius 2 is 2.54 bits per heavy atom. The van der Waals surface area contributed by atoms with Crippen molar-refractivity contribution in [2.24, 2.45) is 5.73 Å². The first kappa shape index (κ1) is 10.4. The van der Waals surface area contributed by atoms with Crippen LogP contribution in [0, 0.1) is 0 Å². The van der Waals surface area contributed by atoms with Gasteiger partial charge in [-0.3, -0.25) is 4.79 Å². The van der Waals surface area contributed by atoms with Gasteiger partial charge in [-0.1, -0.05) is 0 Å². The summed E-state index contributed by atoms with van der Waals surface area (Å²) in [4.78, 5) is 12.9. The number of likely N-dealkylation sites (tertiary alicyclic amines) is 1. The van der Waals surface area contributed by atoms with Crippen LogP contribution in [0.4, 0.5) is 0 Å². The summed E-state index contributed by atoms with van der Waals surface area (Å²) in [7, 11) is 1.58. The van der Waals surface area contributed by atoms with Crippen LogP contribution in [0.2, 0.25) is 0 Å². The molecule has 0 saturated carbocycles. The fourth-order valence-corrected chi connectivity index (χ4v) is 1.48. The van der Waals surface area contributed by atoms with Crippen molar-refractivity contribution >= 4 is 5.91 Å². The van der Waals surface area contributed by atoms with Crippen molar-refractivity contribution in [1.29, 1.82) is 0 Å². The third-order valence-corrected chi connectivity index (χ3v) is 2.26. The summed E-state index contributed by atoms with van der Waals surface area (Å²) in [6.07, 6.45) is 0.548. The standard InChI is InChI=1S/C8H16N2O3/c1-13-5-6(2-3-11)10-4-7(9)8(10)12/h6-7,11H,2-5,9H2,1H3. The van der Waals surface area contributed by atoms with Crippen LogP contribution in [0.1, 0.15) is 6.42 Å². The average molecular weight is 188 g/mol. The molecule has 13 heavy (non-hydrogen) atoms. The fraction of sp³-hybridized carbons (Fsp3) is 0.875. The summed E-state index contributed by atoms with van der Waals surface area (Å²) in [6, 6.07) is -0.375. The second-order valence-corrected chi connectivity index (χ2v) is 3.22. The highest BCUT2D eigenvalue weighted by molar-refractivity contribution is 5.87. The zero-order chi connectivity index (χ0) is 9.84. The Hall–Kier alpha value is -0.650. The highest BCUT2D eigenvalue weighted by Gasteiger charge is 2.37. The Bertz CT molecular complexity index is 180. The molecule has 1 saturated heterocycles. The maximum absolute atomic E-state index is 11.2. The summed E-state index contributed by atoms with van der Waals surface area (Å²) in [5.74, 6) is -0.0458. The molecule has 1 rings (SSSR count). The maximum Gasteiger partial charge on any atom is 0.241 e. The molecule has 0 spiro atoms. The molecule has 3 N–H and O–H groups in total. The van der Waals surface area contributed by atoms with Crippen molar-refractivity contribution in [2.45, 2.75) is 18.5 Å². The Morgan fingerprint density at radius 1 is 1.85 bits per heavy atom. The van der Waals surface area contributed by atoms with Gasteiger partial charge in [0.15, 0.2) is 0 Å². The summed E-state index contributed by atoms with van der Waals surface area (Å²) in [5, 5.41) is 8.76. The van der Waals surface area contributed by atoms with E-state index in [0.717, 1.165) is 0 Å². The Kier molecular flexibility index (Phi) is 3.65. The second-order valence-electron chi connectivity index (χ2n) is 3.22. The van der Waals surface area contributed by atoms with Crippen LogP contribution in [0.15, 0.2) is 0 Å². The number of nitrogens with two attached hydrogens (primary N) is 1. The molecule has 0 bridgehead atoms. The van der Waals surface area contributed by atoms with Crippen molar-refractivity contribution in [3.05, 3.63) is 0 Å². The lowest BCUT2D eigenvalue weighted by atomic mass is 10.0. The molecule has 1 aliphatic heterocycles. The van der Waals surface area contributed by atoms with Gasteiger partial charge in [0.1, 0.15) is 6.04 Å². The normalized spacial score (nSPS) is 24.4. The molecule has 5 nitrogen and oxygen atoms in total. The number of hydrogen-bond donors (Lipinski definition) is 2. The second kappa shape index (κ2) is 4.55. The van der Waals surface area contributed by atoms with Gasteiger partial charge in [0.2, 0.25) is 5.91 Å². The number of amides is 1. The summed E-state index contributed by atoms with van der Waals surface area (Å²) in [5.41, 5.74) is 5.45. The van der Waals surface area contributed by atoms with E-state index >= 15 is 0 Å². The summed E-state index contributed by atoms with van der Waals surface area (Å²) in [6.45, 7) is 1.10. The Morgan fingerprint density at radius 3 is 2.92 bits per heavy atom. The largest absolute Gasteiger partial charge is 0.396 e. The van der Waals surface area contributed by atoms with E-state index in [1.165, 1.54) is 0 Å². The molecule has 2 atom stereocenters. The van der Waals surface area contributed by atoms with E-state index in [4.69, 9.17) is 15.6 Å². The van der Waals surface area contributed by atoms with Crippen LogP contribution in [0.5, 0.6) is 0 Å². The molecule has 76 valence electrons. The topological polar surface area (TPSA) is 75.8 Å². The van der Waals surface area contributed by atoms with Crippen molar-refractivity contribution in [2.75, 3.05) is 26.9 Å². The van der Waals surface area contributed by atoms with E-state index in [-0.39, 0.29) is 24.6 Å². The SMILES string of the molecule is COCC(CCO)N1CC(N)C1=O. The molecular weight excluding hydrogens is 172 g/mol. The van der Waals surface area contributed by atoms with E-state index in [1.807, 2.05) is 0 Å². The van der Waals surface area contributed by atoms with Gasteiger partial charge in [-0.15, -0.1) is 0 Å². The summed E-state index contributed by atoms with van der Waals surface area (Å²) >= 11 is 0. The first-order chi connectivity index (χ1) is 6.20. The number of aliphatic hydroxyl groups excluding tert-OH is 1. The fourth-order valence-electron chi connectivity index (χ4n) is 1.48. The molecule has 0 aromatic carbocycles. The van der Waals surface area contributed by atoms with Crippen LogP contribution in [0.3, 0.4) is 0 Å². The quantitative estimate of drug-likeness (QED) is 0.518. The molecule has 0 radical (unpaired) electrons. The van der Waals surface area contributed by atoms with Crippen LogP contribution < -0.4 is 5.73 Å². The highest BCUT2D eigenvalue weighted by Crippen LogP contribution is 2.15. The molecule has 2 unspecified atom stereocenters. The smallest absolute Gasteiger partial charge is 0.241 e. The number of carbonyl (C=O) groups is 1. The number of nitrogens with zero attached hydrogens (tertiary/aromatic N) is 1. The zero-order valence-electron chi connectivity index (χ0n) is 7.77. The maximum atomic E-state index is 11.2. The van der Waals surface area contributed by atoms with Crippen LogP contribution in [-0.2, 0) is 9.53 Å². The van der Waals surface area contributed by atoms with E-state index < -0.39 is 0 Å². The molecule has 0 aliphatic carbocycles. The Balaban J connectivity index is 2.41. The van der Waals surface area contributed by atoms with Crippen molar-refractivity contribution in [3.63, 3.8) is 0 Å². The van der Waals surface area contributed by atoms with Gasteiger partial charge in [0.25, 0.3) is 0 Å². The lowest BCUT2D eigenvalue weighted by Gasteiger charge is -2.41. The molecular formula is C8H16N2O3. The molecule has 1 heterocycles. The lowest BCUT2D eigenvalue weighted by molar-refractivity contribution is -0.147.